The van der Waals surface area contributed by atoms with Gasteiger partial charge >= 0.3 is 36.4 Å². The molecule has 0 aromatic carbocycles. The van der Waals surface area contributed by atoms with E-state index >= 15 is 0 Å². The number of aliphatic carboxylic acids is 3. The van der Waals surface area contributed by atoms with Crippen LogP contribution >= 0.6 is 0 Å². The van der Waals surface area contributed by atoms with Gasteiger partial charge in [-0.15, -0.1) is 0 Å². The molecule has 1 aliphatic heterocycles. The quantitative estimate of drug-likeness (QED) is 0.386. The molecule has 0 bridgehead atoms. The summed E-state index contributed by atoms with van der Waals surface area (Å²) in [6, 6.07) is 4.44. The van der Waals surface area contributed by atoms with Gasteiger partial charge in [0.2, 0.25) is 0 Å². The minimum atomic E-state index is -5.08. The molecule has 3 N–H and O–H groups in total. The minimum absolute atomic E-state index is 0.283. The molecule has 248 valence electrons. The molecule has 4 rings (SSSR count). The van der Waals surface area contributed by atoms with Gasteiger partial charge in [-0.2, -0.15) is 44.6 Å². The monoisotopic (exact) mass is 654 g/mol. The SMILES string of the molecule is Cn1ncc2c1C(COCC1CC1)N(Cc1cccnc1)CC2.O=C(O)C(F)(F)F.O=C(O)C(F)(F)F.O=C(O)C(F)(F)F. The fourth-order valence-corrected chi connectivity index (χ4v) is 3.44. The average Bonchev–Trinajstić information content (AvgIpc) is 3.65. The molecular weight excluding hydrogens is 627 g/mol. The predicted molar refractivity (Wildman–Crippen MR) is 129 cm³/mol. The van der Waals surface area contributed by atoms with Crippen molar-refractivity contribution in [2.75, 3.05) is 19.8 Å². The standard InChI is InChI=1S/C18H24N4O.3C2HF3O2/c1-21-18-16(10-20-21)6-8-22(11-15-3-2-7-19-9-15)17(18)13-23-12-14-4-5-14;3*3-2(4,5)1(6)7/h2-3,7,9-10,14,17H,4-6,8,11-13H2,1H3;3*(H,6,7). The van der Waals surface area contributed by atoms with Crippen LogP contribution in [0.3, 0.4) is 0 Å². The number of carboxylic acids is 3. The fourth-order valence-electron chi connectivity index (χ4n) is 3.44. The van der Waals surface area contributed by atoms with E-state index in [-0.39, 0.29) is 6.04 Å². The number of carboxylic acid groups (broad SMARTS) is 3. The predicted octanol–water partition coefficient (Wildman–Crippen LogP) is 4.24. The third-order valence-corrected chi connectivity index (χ3v) is 5.65. The van der Waals surface area contributed by atoms with E-state index in [1.165, 1.54) is 29.7 Å². The van der Waals surface area contributed by atoms with Crippen molar-refractivity contribution in [1.29, 1.82) is 0 Å². The van der Waals surface area contributed by atoms with Crippen LogP contribution in [-0.4, -0.2) is 91.2 Å². The topological polar surface area (TPSA) is 155 Å². The van der Waals surface area contributed by atoms with Gasteiger partial charge in [0.15, 0.2) is 0 Å². The zero-order chi connectivity index (χ0) is 33.9. The second-order valence-corrected chi connectivity index (χ2v) is 9.17. The van der Waals surface area contributed by atoms with E-state index in [1.54, 1.807) is 0 Å². The van der Waals surface area contributed by atoms with Gasteiger partial charge in [-0.1, -0.05) is 6.07 Å². The molecule has 20 heteroatoms. The third kappa shape index (κ3) is 14.0. The third-order valence-electron chi connectivity index (χ3n) is 5.65. The maximum absolute atomic E-state index is 10.6. The Morgan fingerprint density at radius 3 is 1.80 bits per heavy atom. The van der Waals surface area contributed by atoms with Gasteiger partial charge in [-0.3, -0.25) is 14.6 Å². The van der Waals surface area contributed by atoms with E-state index in [2.05, 4.69) is 21.0 Å². The van der Waals surface area contributed by atoms with Gasteiger partial charge in [-0.05, 0) is 42.4 Å². The normalized spacial score (nSPS) is 16.5. The minimum Gasteiger partial charge on any atom is -0.475 e. The van der Waals surface area contributed by atoms with Crippen molar-refractivity contribution in [2.24, 2.45) is 13.0 Å². The Labute approximate surface area is 242 Å². The number of hydrogen-bond donors (Lipinski definition) is 3. The van der Waals surface area contributed by atoms with Crippen LogP contribution in [-0.2, 0) is 39.1 Å². The number of carbonyl (C=O) groups is 3. The van der Waals surface area contributed by atoms with Crippen molar-refractivity contribution < 1.29 is 74.0 Å². The maximum atomic E-state index is 10.6. The number of aromatic nitrogens is 3. The highest BCUT2D eigenvalue weighted by Gasteiger charge is 2.39. The van der Waals surface area contributed by atoms with Gasteiger partial charge in [0.1, 0.15) is 0 Å². The molecule has 1 fully saturated rings. The van der Waals surface area contributed by atoms with Crippen molar-refractivity contribution in [3.05, 3.63) is 47.5 Å². The summed E-state index contributed by atoms with van der Waals surface area (Å²) in [6.45, 7) is 3.62. The lowest BCUT2D eigenvalue weighted by molar-refractivity contribution is -0.193. The Morgan fingerprint density at radius 1 is 0.886 bits per heavy atom. The fraction of sp³-hybridized carbons (Fsp3) is 0.542. The van der Waals surface area contributed by atoms with Crippen molar-refractivity contribution in [3.8, 4) is 0 Å². The first-order valence-corrected chi connectivity index (χ1v) is 12.3. The first-order valence-electron chi connectivity index (χ1n) is 12.3. The van der Waals surface area contributed by atoms with Crippen LogP contribution in [0.2, 0.25) is 0 Å². The van der Waals surface area contributed by atoms with E-state index in [0.29, 0.717) is 0 Å². The number of ether oxygens (including phenoxy) is 1. The molecule has 1 saturated carbocycles. The molecule has 2 aromatic rings. The lowest BCUT2D eigenvalue weighted by Gasteiger charge is -2.36. The molecule has 0 amide bonds. The summed E-state index contributed by atoms with van der Waals surface area (Å²) in [5, 5.41) is 25.8. The maximum Gasteiger partial charge on any atom is 0.490 e. The number of aryl methyl sites for hydroxylation is 1. The van der Waals surface area contributed by atoms with Crippen LogP contribution in [0.5, 0.6) is 0 Å². The second-order valence-electron chi connectivity index (χ2n) is 9.17. The summed E-state index contributed by atoms with van der Waals surface area (Å²) in [4.78, 5) is 33.4. The molecule has 11 nitrogen and oxygen atoms in total. The zero-order valence-corrected chi connectivity index (χ0v) is 22.7. The Hall–Kier alpha value is -3.94. The average molecular weight is 654 g/mol. The van der Waals surface area contributed by atoms with Gasteiger partial charge in [0.05, 0.1) is 24.5 Å². The van der Waals surface area contributed by atoms with Crippen LogP contribution in [0.15, 0.2) is 30.7 Å². The van der Waals surface area contributed by atoms with E-state index in [9.17, 15) is 39.5 Å². The number of hydrogen-bond acceptors (Lipinski definition) is 7. The molecular formula is C24H27F9N4O7. The molecule has 1 unspecified atom stereocenters. The Balaban J connectivity index is 0.000000379. The summed E-state index contributed by atoms with van der Waals surface area (Å²) in [7, 11) is 2.04. The molecule has 1 aliphatic carbocycles. The number of halogens is 9. The van der Waals surface area contributed by atoms with E-state index in [4.69, 9.17) is 34.4 Å². The van der Waals surface area contributed by atoms with Gasteiger partial charge in [0.25, 0.3) is 0 Å². The van der Waals surface area contributed by atoms with Crippen LogP contribution in [0.1, 0.15) is 35.7 Å². The first kappa shape index (κ1) is 38.1. The summed E-state index contributed by atoms with van der Waals surface area (Å²) in [5.41, 5.74) is 3.94. The summed E-state index contributed by atoms with van der Waals surface area (Å²) in [5.74, 6) is -7.47. The first-order chi connectivity index (χ1) is 20.1. The van der Waals surface area contributed by atoms with Crippen molar-refractivity contribution in [2.45, 2.75) is 50.4 Å². The number of rotatable bonds is 6. The molecule has 0 radical (unpaired) electrons. The lowest BCUT2D eigenvalue weighted by atomic mass is 9.99. The van der Waals surface area contributed by atoms with Crippen molar-refractivity contribution in [1.82, 2.24) is 19.7 Å². The summed E-state index contributed by atoms with van der Waals surface area (Å²) in [6.07, 6.45) is -5.72. The molecule has 2 aromatic heterocycles. The van der Waals surface area contributed by atoms with Gasteiger partial charge < -0.3 is 20.1 Å². The van der Waals surface area contributed by atoms with E-state index in [1.807, 2.05) is 36.4 Å². The van der Waals surface area contributed by atoms with Crippen LogP contribution < -0.4 is 0 Å². The second kappa shape index (κ2) is 16.2. The van der Waals surface area contributed by atoms with Crippen LogP contribution in [0.4, 0.5) is 39.5 Å². The molecule has 44 heavy (non-hydrogen) atoms. The van der Waals surface area contributed by atoms with Crippen molar-refractivity contribution >= 4 is 17.9 Å². The highest BCUT2D eigenvalue weighted by atomic mass is 19.4. The van der Waals surface area contributed by atoms with Crippen molar-refractivity contribution in [3.63, 3.8) is 0 Å². The Morgan fingerprint density at radius 2 is 1.39 bits per heavy atom. The van der Waals surface area contributed by atoms with E-state index < -0.39 is 36.4 Å². The molecule has 0 saturated heterocycles. The zero-order valence-electron chi connectivity index (χ0n) is 22.7. The number of nitrogens with zero attached hydrogens (tertiary/aromatic N) is 4. The molecule has 0 spiro atoms. The number of pyridine rings is 1. The molecule has 3 heterocycles. The highest BCUT2D eigenvalue weighted by molar-refractivity contribution is 5.73. The Bertz CT molecular complexity index is 1160. The summed E-state index contributed by atoms with van der Waals surface area (Å²) < 4.78 is 103. The van der Waals surface area contributed by atoms with Gasteiger partial charge in [-0.25, -0.2) is 14.4 Å². The molecule has 1 atom stereocenters. The summed E-state index contributed by atoms with van der Waals surface area (Å²) >= 11 is 0. The highest BCUT2D eigenvalue weighted by Crippen LogP contribution is 2.33. The molecule has 2 aliphatic rings. The van der Waals surface area contributed by atoms with Gasteiger partial charge in [0, 0.05) is 39.1 Å². The number of fused-ring (bicyclic) bond motifs is 1. The largest absolute Gasteiger partial charge is 0.490 e. The lowest BCUT2D eigenvalue weighted by Crippen LogP contribution is -2.38. The Kier molecular flexibility index (Phi) is 14.0. The number of alkyl halides is 9. The van der Waals surface area contributed by atoms with Crippen LogP contribution in [0.25, 0.3) is 0 Å². The smallest absolute Gasteiger partial charge is 0.475 e. The van der Waals surface area contributed by atoms with E-state index in [0.717, 1.165) is 38.6 Å². The van der Waals surface area contributed by atoms with Crippen LogP contribution in [0, 0.1) is 5.92 Å².